The Kier molecular flexibility index (Phi) is 3.92. The van der Waals surface area contributed by atoms with Crippen molar-refractivity contribution in [2.45, 2.75) is 0 Å². The fraction of sp³-hybridized carbons (Fsp3) is 0. The fourth-order valence-corrected chi connectivity index (χ4v) is 3.78. The van der Waals surface area contributed by atoms with Gasteiger partial charge in [0.15, 0.2) is 0 Å². The van der Waals surface area contributed by atoms with E-state index in [9.17, 15) is 4.79 Å². The van der Waals surface area contributed by atoms with Crippen molar-refractivity contribution in [1.29, 1.82) is 0 Å². The molecule has 24 heavy (non-hydrogen) atoms. The van der Waals surface area contributed by atoms with Crippen LogP contribution in [-0.2, 0) is 0 Å². The number of fused-ring (bicyclic) bond motifs is 1. The van der Waals surface area contributed by atoms with Crippen molar-refractivity contribution in [3.05, 3.63) is 75.7 Å². The summed E-state index contributed by atoms with van der Waals surface area (Å²) >= 11 is 4.77. The summed E-state index contributed by atoms with van der Waals surface area (Å²) in [6.07, 6.45) is 3.94. The molecule has 118 valence electrons. The number of amides is 1. The number of carbonyl (C=O) groups is 1. The molecule has 0 fully saturated rings. The molecule has 1 N–H and O–H groups in total. The van der Waals surface area contributed by atoms with Gasteiger partial charge >= 0.3 is 0 Å². The van der Waals surface area contributed by atoms with Crippen LogP contribution in [-0.4, -0.2) is 15.3 Å². The first kappa shape index (κ1) is 15.1. The topological polar surface area (TPSA) is 46.4 Å². The predicted octanol–water partition coefficient (Wildman–Crippen LogP) is 5.08. The first-order valence-corrected chi connectivity index (χ1v) is 8.96. The van der Waals surface area contributed by atoms with E-state index in [0.717, 1.165) is 27.1 Å². The highest BCUT2D eigenvalue weighted by Crippen LogP contribution is 2.24. The number of rotatable bonds is 3. The van der Waals surface area contributed by atoms with Gasteiger partial charge in [-0.15, -0.1) is 11.3 Å². The molecule has 3 heterocycles. The molecule has 3 aromatic heterocycles. The molecule has 1 amide bonds. The zero-order valence-corrected chi connectivity index (χ0v) is 14.8. The lowest BCUT2D eigenvalue weighted by atomic mass is 10.1. The van der Waals surface area contributed by atoms with Gasteiger partial charge in [0, 0.05) is 33.5 Å². The van der Waals surface area contributed by atoms with Crippen LogP contribution in [0, 0.1) is 0 Å². The van der Waals surface area contributed by atoms with Crippen molar-refractivity contribution in [3.8, 4) is 11.3 Å². The molecule has 4 aromatic rings. The lowest BCUT2D eigenvalue weighted by Crippen LogP contribution is -2.09. The number of benzene rings is 1. The van der Waals surface area contributed by atoms with Gasteiger partial charge in [-0.05, 0) is 46.3 Å². The molecule has 0 saturated carbocycles. The van der Waals surface area contributed by atoms with Gasteiger partial charge in [0.1, 0.15) is 5.65 Å². The number of anilines is 1. The Morgan fingerprint density at radius 2 is 2.08 bits per heavy atom. The summed E-state index contributed by atoms with van der Waals surface area (Å²) < 4.78 is 2.89. The number of hydrogen-bond donors (Lipinski definition) is 1. The van der Waals surface area contributed by atoms with Crippen LogP contribution in [0.15, 0.2) is 70.8 Å². The van der Waals surface area contributed by atoms with Crippen molar-refractivity contribution in [2.75, 3.05) is 5.32 Å². The van der Waals surface area contributed by atoms with Gasteiger partial charge in [-0.1, -0.05) is 18.2 Å². The van der Waals surface area contributed by atoms with Crippen LogP contribution in [0.2, 0.25) is 0 Å². The first-order chi connectivity index (χ1) is 11.7. The van der Waals surface area contributed by atoms with Crippen LogP contribution >= 0.6 is 27.3 Å². The standard InChI is InChI=1S/C18H12BrN3OS/c19-13-9-16(24-11-13)18(23)20-14-5-3-4-12(8-14)15-10-22-7-2-1-6-17(22)21-15/h1-11H,(H,20,23). The molecular formula is C18H12BrN3OS. The zero-order valence-electron chi connectivity index (χ0n) is 12.4. The van der Waals surface area contributed by atoms with Gasteiger partial charge in [0.25, 0.3) is 5.91 Å². The van der Waals surface area contributed by atoms with Crippen molar-refractivity contribution in [2.24, 2.45) is 0 Å². The van der Waals surface area contributed by atoms with E-state index in [-0.39, 0.29) is 5.91 Å². The monoisotopic (exact) mass is 397 g/mol. The Morgan fingerprint density at radius 3 is 2.88 bits per heavy atom. The minimum atomic E-state index is -0.113. The van der Waals surface area contributed by atoms with Gasteiger partial charge in [0.05, 0.1) is 10.6 Å². The third-order valence-electron chi connectivity index (χ3n) is 3.57. The number of hydrogen-bond acceptors (Lipinski definition) is 3. The largest absolute Gasteiger partial charge is 0.321 e. The Hall–Kier alpha value is -2.44. The summed E-state index contributed by atoms with van der Waals surface area (Å²) in [7, 11) is 0. The number of nitrogens with zero attached hydrogens (tertiary/aromatic N) is 2. The molecule has 0 aliphatic carbocycles. The van der Waals surface area contributed by atoms with Crippen LogP contribution in [0.4, 0.5) is 5.69 Å². The molecule has 6 heteroatoms. The molecule has 0 saturated heterocycles. The summed E-state index contributed by atoms with van der Waals surface area (Å²) in [4.78, 5) is 17.6. The number of halogens is 1. The highest BCUT2D eigenvalue weighted by molar-refractivity contribution is 9.10. The average Bonchev–Trinajstić information content (AvgIpc) is 3.21. The van der Waals surface area contributed by atoms with Crippen LogP contribution < -0.4 is 5.32 Å². The molecule has 1 aromatic carbocycles. The molecule has 0 aliphatic heterocycles. The van der Waals surface area contributed by atoms with Crippen molar-refractivity contribution < 1.29 is 4.79 Å². The molecule has 0 radical (unpaired) electrons. The van der Waals surface area contributed by atoms with Crippen LogP contribution in [0.1, 0.15) is 9.67 Å². The summed E-state index contributed by atoms with van der Waals surface area (Å²) in [5.74, 6) is -0.113. The summed E-state index contributed by atoms with van der Waals surface area (Å²) in [6, 6.07) is 15.4. The van der Waals surface area contributed by atoms with Crippen molar-refractivity contribution in [3.63, 3.8) is 0 Å². The van der Waals surface area contributed by atoms with Crippen LogP contribution in [0.3, 0.4) is 0 Å². The second-order valence-electron chi connectivity index (χ2n) is 5.26. The van der Waals surface area contributed by atoms with Crippen molar-refractivity contribution in [1.82, 2.24) is 9.38 Å². The third kappa shape index (κ3) is 2.98. The molecule has 0 spiro atoms. The summed E-state index contributed by atoms with van der Waals surface area (Å²) in [5, 5.41) is 4.82. The maximum atomic E-state index is 12.3. The zero-order chi connectivity index (χ0) is 16.5. The lowest BCUT2D eigenvalue weighted by molar-refractivity contribution is 0.103. The van der Waals surface area contributed by atoms with E-state index in [2.05, 4.69) is 26.2 Å². The Balaban J connectivity index is 1.62. The van der Waals surface area contributed by atoms with Gasteiger partial charge in [-0.25, -0.2) is 4.98 Å². The van der Waals surface area contributed by atoms with Crippen molar-refractivity contribution >= 4 is 44.5 Å². The lowest BCUT2D eigenvalue weighted by Gasteiger charge is -2.05. The normalized spacial score (nSPS) is 10.9. The predicted molar refractivity (Wildman–Crippen MR) is 101 cm³/mol. The van der Waals surface area contributed by atoms with Crippen LogP contribution in [0.25, 0.3) is 16.9 Å². The van der Waals surface area contributed by atoms with E-state index in [1.807, 2.05) is 70.7 Å². The van der Waals surface area contributed by atoms with E-state index in [1.54, 1.807) is 0 Å². The Morgan fingerprint density at radius 1 is 1.17 bits per heavy atom. The van der Waals surface area contributed by atoms with E-state index in [0.29, 0.717) is 4.88 Å². The van der Waals surface area contributed by atoms with Gasteiger partial charge in [-0.2, -0.15) is 0 Å². The number of nitrogens with one attached hydrogen (secondary N) is 1. The van der Waals surface area contributed by atoms with Crippen LogP contribution in [0.5, 0.6) is 0 Å². The first-order valence-electron chi connectivity index (χ1n) is 7.28. The fourth-order valence-electron chi connectivity index (χ4n) is 2.45. The van der Waals surface area contributed by atoms with E-state index in [1.165, 1.54) is 11.3 Å². The van der Waals surface area contributed by atoms with E-state index in [4.69, 9.17) is 0 Å². The third-order valence-corrected chi connectivity index (χ3v) is 5.26. The number of aromatic nitrogens is 2. The second-order valence-corrected chi connectivity index (χ2v) is 7.08. The minimum absolute atomic E-state index is 0.113. The number of carbonyl (C=O) groups excluding carboxylic acids is 1. The molecule has 4 nitrogen and oxygen atoms in total. The number of thiophene rings is 1. The number of imidazole rings is 1. The molecule has 4 rings (SSSR count). The highest BCUT2D eigenvalue weighted by atomic mass is 79.9. The Bertz CT molecular complexity index is 1000. The van der Waals surface area contributed by atoms with E-state index < -0.39 is 0 Å². The molecule has 0 bridgehead atoms. The maximum Gasteiger partial charge on any atom is 0.265 e. The highest BCUT2D eigenvalue weighted by Gasteiger charge is 2.10. The smallest absolute Gasteiger partial charge is 0.265 e. The minimum Gasteiger partial charge on any atom is -0.321 e. The SMILES string of the molecule is O=C(Nc1cccc(-c2cn3ccccc3n2)c1)c1cc(Br)cs1. The Labute approximate surface area is 150 Å². The van der Waals surface area contributed by atoms with Gasteiger partial charge < -0.3 is 9.72 Å². The van der Waals surface area contributed by atoms with Gasteiger partial charge in [-0.3, -0.25) is 4.79 Å². The molecule has 0 atom stereocenters. The molecular weight excluding hydrogens is 386 g/mol. The van der Waals surface area contributed by atoms with Gasteiger partial charge in [0.2, 0.25) is 0 Å². The molecule has 0 unspecified atom stereocenters. The summed E-state index contributed by atoms with van der Waals surface area (Å²) in [6.45, 7) is 0. The average molecular weight is 398 g/mol. The molecule has 0 aliphatic rings. The summed E-state index contributed by atoms with van der Waals surface area (Å²) in [5.41, 5.74) is 3.48. The number of pyridine rings is 1. The quantitative estimate of drug-likeness (QED) is 0.523. The maximum absolute atomic E-state index is 12.3. The second kappa shape index (κ2) is 6.22. The van der Waals surface area contributed by atoms with E-state index >= 15 is 0 Å².